The first kappa shape index (κ1) is 27.3. The first-order valence-electron chi connectivity index (χ1n) is 10.5. The number of fused-ring (bicyclic) bond motifs is 2. The third-order valence-electron chi connectivity index (χ3n) is 5.74. The number of methoxy groups -OCH3 is 1. The Balaban J connectivity index is 0.000000202. The zero-order chi connectivity index (χ0) is 27.3. The minimum Gasteiger partial charge on any atom is -0.465 e. The minimum absolute atomic E-state index is 0.0640. The molecule has 0 saturated carbocycles. The standard InChI is InChI=1S/C11H14N4O3S.C11H13NO4S/c1-11(14)5-19(17,18)8-4-6(2-3-7(8)11)9(16)15-10(12)13;1-11(12)6-17(14,15)9-5-7(10(13)16-2)3-4-8(9)11/h2-4H,5,14H2,1H3,(H4,12,13,15,16);3-5H,6,12H2,1-2H3. The predicted octanol–water partition coefficient (Wildman–Crippen LogP) is -0.504. The molecule has 1 amide bonds. The number of amides is 1. The number of guanidine groups is 1. The maximum atomic E-state index is 12.0. The van der Waals surface area contributed by atoms with Crippen molar-refractivity contribution in [2.75, 3.05) is 18.6 Å². The van der Waals surface area contributed by atoms with Gasteiger partial charge in [0.25, 0.3) is 5.91 Å². The van der Waals surface area contributed by atoms with Crippen LogP contribution in [0.4, 0.5) is 0 Å². The Morgan fingerprint density at radius 2 is 1.25 bits per heavy atom. The zero-order valence-electron chi connectivity index (χ0n) is 19.8. The highest BCUT2D eigenvalue weighted by Crippen LogP contribution is 2.37. The molecule has 36 heavy (non-hydrogen) atoms. The SMILES string of the molecule is CC1(N)CS(=O)(=O)c2cc(C(=O)N=C(N)N)ccc21.COC(=O)c1ccc2c(c1)S(=O)(=O)CC2(C)N. The van der Waals surface area contributed by atoms with E-state index in [1.807, 2.05) is 0 Å². The van der Waals surface area contributed by atoms with Gasteiger partial charge in [0.05, 0.1) is 45.0 Å². The van der Waals surface area contributed by atoms with Gasteiger partial charge in [-0.25, -0.2) is 21.6 Å². The lowest BCUT2D eigenvalue weighted by Gasteiger charge is -2.16. The van der Waals surface area contributed by atoms with Crippen LogP contribution in [-0.2, 0) is 35.5 Å². The Labute approximate surface area is 208 Å². The van der Waals surface area contributed by atoms with E-state index in [0.29, 0.717) is 11.1 Å². The summed E-state index contributed by atoms with van der Waals surface area (Å²) in [5, 5.41) is 0. The number of nitrogens with zero attached hydrogens (tertiary/aromatic N) is 1. The zero-order valence-corrected chi connectivity index (χ0v) is 21.4. The van der Waals surface area contributed by atoms with Crippen LogP contribution in [0, 0.1) is 0 Å². The molecule has 0 saturated heterocycles. The van der Waals surface area contributed by atoms with Gasteiger partial charge in [-0.15, -0.1) is 0 Å². The summed E-state index contributed by atoms with van der Waals surface area (Å²) >= 11 is 0. The van der Waals surface area contributed by atoms with Gasteiger partial charge < -0.3 is 27.7 Å². The fourth-order valence-corrected chi connectivity index (χ4v) is 8.25. The van der Waals surface area contributed by atoms with E-state index in [9.17, 15) is 26.4 Å². The average Bonchev–Trinajstić information content (AvgIpc) is 3.07. The lowest BCUT2D eigenvalue weighted by molar-refractivity contribution is 0.0600. The molecule has 14 heteroatoms. The summed E-state index contributed by atoms with van der Waals surface area (Å²) in [5.41, 5.74) is 21.6. The molecule has 2 aliphatic rings. The Morgan fingerprint density at radius 1 is 0.833 bits per heavy atom. The van der Waals surface area contributed by atoms with Crippen molar-refractivity contribution in [1.29, 1.82) is 0 Å². The lowest BCUT2D eigenvalue weighted by Crippen LogP contribution is -2.34. The number of carbonyl (C=O) groups is 2. The number of carbonyl (C=O) groups excluding carboxylic acids is 2. The van der Waals surface area contributed by atoms with Crippen molar-refractivity contribution in [2.45, 2.75) is 34.7 Å². The Kier molecular flexibility index (Phi) is 6.78. The number of hydrogen-bond acceptors (Lipinski definition) is 9. The van der Waals surface area contributed by atoms with Crippen molar-refractivity contribution in [3.63, 3.8) is 0 Å². The second kappa shape index (κ2) is 8.96. The summed E-state index contributed by atoms with van der Waals surface area (Å²) in [5.74, 6) is -1.95. The van der Waals surface area contributed by atoms with Crippen molar-refractivity contribution in [2.24, 2.45) is 27.9 Å². The largest absolute Gasteiger partial charge is 0.465 e. The van der Waals surface area contributed by atoms with Gasteiger partial charge in [0, 0.05) is 5.56 Å². The molecule has 0 spiro atoms. The molecule has 0 bridgehead atoms. The van der Waals surface area contributed by atoms with E-state index in [-0.39, 0.29) is 38.4 Å². The molecule has 12 nitrogen and oxygen atoms in total. The number of hydrogen-bond donors (Lipinski definition) is 4. The van der Waals surface area contributed by atoms with Gasteiger partial charge in [0.15, 0.2) is 25.6 Å². The number of nitrogens with two attached hydrogens (primary N) is 4. The Hall–Kier alpha value is -3.33. The molecule has 2 aromatic carbocycles. The molecule has 0 aromatic heterocycles. The van der Waals surface area contributed by atoms with E-state index in [0.717, 1.165) is 0 Å². The van der Waals surface area contributed by atoms with E-state index in [4.69, 9.17) is 22.9 Å². The van der Waals surface area contributed by atoms with Gasteiger partial charge in [-0.1, -0.05) is 12.1 Å². The van der Waals surface area contributed by atoms with Crippen LogP contribution in [0.2, 0.25) is 0 Å². The van der Waals surface area contributed by atoms with Crippen molar-refractivity contribution in [1.82, 2.24) is 0 Å². The molecular formula is C22H27N5O7S2. The quantitative estimate of drug-likeness (QED) is 0.217. The van der Waals surface area contributed by atoms with E-state index in [1.54, 1.807) is 19.9 Å². The molecule has 2 heterocycles. The lowest BCUT2D eigenvalue weighted by atomic mass is 9.95. The highest BCUT2D eigenvalue weighted by atomic mass is 32.2. The second-order valence-corrected chi connectivity index (χ2v) is 13.0. The molecule has 2 atom stereocenters. The van der Waals surface area contributed by atoms with Gasteiger partial charge in [0.1, 0.15) is 0 Å². The van der Waals surface area contributed by atoms with Gasteiger partial charge in [-0.3, -0.25) is 4.79 Å². The first-order chi connectivity index (χ1) is 16.4. The monoisotopic (exact) mass is 537 g/mol. The summed E-state index contributed by atoms with van der Waals surface area (Å²) in [6, 6.07) is 8.67. The topological polar surface area (TPSA) is 228 Å². The molecule has 2 aromatic rings. The van der Waals surface area contributed by atoms with E-state index < -0.39 is 42.6 Å². The summed E-state index contributed by atoms with van der Waals surface area (Å²) in [6.07, 6.45) is 0. The van der Waals surface area contributed by atoms with Gasteiger partial charge >= 0.3 is 5.97 Å². The molecule has 2 aliphatic heterocycles. The van der Waals surface area contributed by atoms with Crippen molar-refractivity contribution >= 4 is 37.5 Å². The van der Waals surface area contributed by atoms with Crippen molar-refractivity contribution in [3.8, 4) is 0 Å². The van der Waals surface area contributed by atoms with Crippen LogP contribution in [0.5, 0.6) is 0 Å². The fourth-order valence-electron chi connectivity index (χ4n) is 4.16. The number of benzene rings is 2. The molecule has 2 unspecified atom stereocenters. The number of esters is 1. The maximum absolute atomic E-state index is 12.0. The highest BCUT2D eigenvalue weighted by molar-refractivity contribution is 7.92. The van der Waals surface area contributed by atoms with Crippen LogP contribution < -0.4 is 22.9 Å². The van der Waals surface area contributed by atoms with Crippen LogP contribution in [0.15, 0.2) is 51.2 Å². The van der Waals surface area contributed by atoms with Crippen LogP contribution in [0.25, 0.3) is 0 Å². The molecule has 0 radical (unpaired) electrons. The summed E-state index contributed by atoms with van der Waals surface area (Å²) in [7, 11) is -5.65. The van der Waals surface area contributed by atoms with E-state index >= 15 is 0 Å². The normalized spacial score (nSPS) is 24.5. The summed E-state index contributed by atoms with van der Waals surface area (Å²) in [4.78, 5) is 26.5. The van der Waals surface area contributed by atoms with Crippen molar-refractivity contribution < 1.29 is 31.2 Å². The smallest absolute Gasteiger partial charge is 0.337 e. The van der Waals surface area contributed by atoms with E-state index in [2.05, 4.69) is 9.73 Å². The number of aliphatic imine (C=N–C) groups is 1. The van der Waals surface area contributed by atoms with Crippen LogP contribution in [-0.4, -0.2) is 53.3 Å². The summed E-state index contributed by atoms with van der Waals surface area (Å²) in [6.45, 7) is 3.29. The second-order valence-electron chi connectivity index (χ2n) is 9.11. The number of ether oxygens (including phenoxy) is 1. The average molecular weight is 538 g/mol. The minimum atomic E-state index is -3.49. The van der Waals surface area contributed by atoms with Gasteiger partial charge in [-0.2, -0.15) is 4.99 Å². The number of rotatable bonds is 2. The third kappa shape index (κ3) is 5.11. The van der Waals surface area contributed by atoms with Crippen LogP contribution in [0.1, 0.15) is 45.7 Å². The molecule has 0 fully saturated rings. The van der Waals surface area contributed by atoms with Crippen LogP contribution in [0.3, 0.4) is 0 Å². The first-order valence-corrected chi connectivity index (χ1v) is 13.8. The third-order valence-corrected chi connectivity index (χ3v) is 9.72. The van der Waals surface area contributed by atoms with Gasteiger partial charge in [-0.05, 0) is 49.2 Å². The highest BCUT2D eigenvalue weighted by Gasteiger charge is 2.42. The Morgan fingerprint density at radius 3 is 1.67 bits per heavy atom. The molecular weight excluding hydrogens is 510 g/mol. The molecule has 4 rings (SSSR count). The fraction of sp³-hybridized carbons (Fsp3) is 0.318. The molecule has 194 valence electrons. The van der Waals surface area contributed by atoms with E-state index in [1.165, 1.54) is 37.4 Å². The van der Waals surface area contributed by atoms with Gasteiger partial charge in [0.2, 0.25) is 0 Å². The molecule has 8 N–H and O–H groups in total. The maximum Gasteiger partial charge on any atom is 0.337 e. The van der Waals surface area contributed by atoms with Crippen molar-refractivity contribution in [3.05, 3.63) is 58.7 Å². The molecule has 0 aliphatic carbocycles. The number of sulfone groups is 2. The summed E-state index contributed by atoms with van der Waals surface area (Å²) < 4.78 is 52.3. The van der Waals surface area contributed by atoms with Crippen LogP contribution >= 0.6 is 0 Å². The Bertz CT molecular complexity index is 1510. The predicted molar refractivity (Wildman–Crippen MR) is 132 cm³/mol.